The van der Waals surface area contributed by atoms with E-state index in [1.54, 1.807) is 6.07 Å². The summed E-state index contributed by atoms with van der Waals surface area (Å²) in [5, 5.41) is 3.42. The summed E-state index contributed by atoms with van der Waals surface area (Å²) in [6, 6.07) is 4.45. The van der Waals surface area contributed by atoms with Gasteiger partial charge in [0.25, 0.3) is 0 Å². The fourth-order valence-corrected chi connectivity index (χ4v) is 2.65. The van der Waals surface area contributed by atoms with Gasteiger partial charge in [0, 0.05) is 19.3 Å². The molecule has 2 rings (SSSR count). The number of halogens is 2. The molecule has 0 spiro atoms. The zero-order chi connectivity index (χ0) is 13.7. The summed E-state index contributed by atoms with van der Waals surface area (Å²) in [6.07, 6.45) is 2.84. The average Bonchev–Trinajstić information content (AvgIpc) is 2.87. The Morgan fingerprint density at radius 3 is 2.84 bits per heavy atom. The first-order valence-corrected chi connectivity index (χ1v) is 6.94. The van der Waals surface area contributed by atoms with E-state index in [1.165, 1.54) is 12.1 Å². The van der Waals surface area contributed by atoms with Gasteiger partial charge in [0.1, 0.15) is 0 Å². The van der Waals surface area contributed by atoms with E-state index in [4.69, 9.17) is 4.74 Å². The number of hydrogen-bond donors (Lipinski definition) is 1. The smallest absolute Gasteiger partial charge is 0.159 e. The minimum absolute atomic E-state index is 0.293. The largest absolute Gasteiger partial charge is 0.381 e. The van der Waals surface area contributed by atoms with Crippen molar-refractivity contribution in [2.45, 2.75) is 32.2 Å². The van der Waals surface area contributed by atoms with Crippen LogP contribution in [-0.2, 0) is 11.2 Å². The molecule has 1 aromatic carbocycles. The monoisotopic (exact) mass is 269 g/mol. The minimum Gasteiger partial charge on any atom is -0.381 e. The molecule has 1 aromatic rings. The van der Waals surface area contributed by atoms with E-state index in [0.717, 1.165) is 44.6 Å². The molecule has 1 heterocycles. The molecular weight excluding hydrogens is 248 g/mol. The lowest BCUT2D eigenvalue weighted by Crippen LogP contribution is -2.33. The maximum Gasteiger partial charge on any atom is 0.159 e. The van der Waals surface area contributed by atoms with E-state index in [1.807, 2.05) is 0 Å². The Bertz CT molecular complexity index is 405. The van der Waals surface area contributed by atoms with E-state index >= 15 is 0 Å². The molecule has 0 radical (unpaired) electrons. The van der Waals surface area contributed by atoms with Gasteiger partial charge in [0.2, 0.25) is 0 Å². The Morgan fingerprint density at radius 2 is 2.21 bits per heavy atom. The quantitative estimate of drug-likeness (QED) is 0.857. The van der Waals surface area contributed by atoms with Crippen LogP contribution < -0.4 is 5.32 Å². The van der Waals surface area contributed by atoms with Gasteiger partial charge < -0.3 is 10.1 Å². The molecule has 1 fully saturated rings. The number of benzene rings is 1. The fourth-order valence-electron chi connectivity index (χ4n) is 2.65. The highest BCUT2D eigenvalue weighted by molar-refractivity contribution is 5.18. The van der Waals surface area contributed by atoms with Gasteiger partial charge in [0.05, 0.1) is 0 Å². The second-order valence-corrected chi connectivity index (χ2v) is 5.17. The molecule has 19 heavy (non-hydrogen) atoms. The SMILES string of the molecule is CCNC(Cc1ccc(F)c(F)c1)CC1CCOC1. The molecule has 0 bridgehead atoms. The van der Waals surface area contributed by atoms with Gasteiger partial charge in [-0.1, -0.05) is 13.0 Å². The van der Waals surface area contributed by atoms with Crippen LogP contribution in [0.25, 0.3) is 0 Å². The van der Waals surface area contributed by atoms with Crippen molar-refractivity contribution in [3.8, 4) is 0 Å². The molecule has 0 aliphatic carbocycles. The Morgan fingerprint density at radius 1 is 1.37 bits per heavy atom. The van der Waals surface area contributed by atoms with Gasteiger partial charge >= 0.3 is 0 Å². The molecule has 1 saturated heterocycles. The van der Waals surface area contributed by atoms with Crippen molar-refractivity contribution in [1.29, 1.82) is 0 Å². The highest BCUT2D eigenvalue weighted by atomic mass is 19.2. The lowest BCUT2D eigenvalue weighted by atomic mass is 9.94. The number of hydrogen-bond acceptors (Lipinski definition) is 2. The third-order valence-corrected chi connectivity index (χ3v) is 3.60. The van der Waals surface area contributed by atoms with E-state index < -0.39 is 11.6 Å². The van der Waals surface area contributed by atoms with Gasteiger partial charge in [-0.2, -0.15) is 0 Å². The molecule has 1 aliphatic rings. The Kier molecular flexibility index (Phi) is 5.28. The summed E-state index contributed by atoms with van der Waals surface area (Å²) in [4.78, 5) is 0. The second kappa shape index (κ2) is 6.96. The molecule has 0 amide bonds. The van der Waals surface area contributed by atoms with Crippen molar-refractivity contribution in [3.05, 3.63) is 35.4 Å². The van der Waals surface area contributed by atoms with Crippen molar-refractivity contribution in [3.63, 3.8) is 0 Å². The molecule has 2 unspecified atom stereocenters. The molecule has 1 N–H and O–H groups in total. The molecule has 1 aliphatic heterocycles. The first-order valence-electron chi connectivity index (χ1n) is 6.94. The third-order valence-electron chi connectivity index (χ3n) is 3.60. The van der Waals surface area contributed by atoms with Crippen molar-refractivity contribution in [1.82, 2.24) is 5.32 Å². The van der Waals surface area contributed by atoms with Crippen LogP contribution in [0.15, 0.2) is 18.2 Å². The van der Waals surface area contributed by atoms with E-state index in [2.05, 4.69) is 12.2 Å². The summed E-state index contributed by atoms with van der Waals surface area (Å²) in [5.41, 5.74) is 0.837. The first-order chi connectivity index (χ1) is 9.19. The van der Waals surface area contributed by atoms with Crippen molar-refractivity contribution >= 4 is 0 Å². The van der Waals surface area contributed by atoms with Crippen LogP contribution in [0.3, 0.4) is 0 Å². The normalized spacial score (nSPS) is 20.7. The van der Waals surface area contributed by atoms with Crippen LogP contribution in [0.4, 0.5) is 8.78 Å². The van der Waals surface area contributed by atoms with E-state index in [0.29, 0.717) is 12.0 Å². The number of ether oxygens (including phenoxy) is 1. The van der Waals surface area contributed by atoms with E-state index in [-0.39, 0.29) is 0 Å². The van der Waals surface area contributed by atoms with Crippen LogP contribution in [0, 0.1) is 17.6 Å². The molecule has 106 valence electrons. The molecular formula is C15H21F2NO. The van der Waals surface area contributed by atoms with E-state index in [9.17, 15) is 8.78 Å². The number of likely N-dealkylation sites (N-methyl/N-ethyl adjacent to an activating group) is 1. The predicted octanol–water partition coefficient (Wildman–Crippen LogP) is 2.91. The third kappa shape index (κ3) is 4.25. The van der Waals surface area contributed by atoms with Crippen LogP contribution >= 0.6 is 0 Å². The van der Waals surface area contributed by atoms with Crippen LogP contribution in [0.1, 0.15) is 25.3 Å². The maximum atomic E-state index is 13.2. The molecule has 2 nitrogen and oxygen atoms in total. The van der Waals surface area contributed by atoms with Gasteiger partial charge in [0.15, 0.2) is 11.6 Å². The zero-order valence-corrected chi connectivity index (χ0v) is 11.3. The van der Waals surface area contributed by atoms with Gasteiger partial charge in [-0.25, -0.2) is 8.78 Å². The standard InChI is InChI=1S/C15H21F2NO/c1-2-18-13(8-12-5-6-19-10-12)7-11-3-4-14(16)15(17)9-11/h3-4,9,12-13,18H,2,5-8,10H2,1H3. The summed E-state index contributed by atoms with van der Waals surface area (Å²) in [7, 11) is 0. The average molecular weight is 269 g/mol. The fraction of sp³-hybridized carbons (Fsp3) is 0.600. The van der Waals surface area contributed by atoms with Gasteiger partial charge in [-0.15, -0.1) is 0 Å². The molecule has 2 atom stereocenters. The van der Waals surface area contributed by atoms with Crippen molar-refractivity contribution in [2.24, 2.45) is 5.92 Å². The predicted molar refractivity (Wildman–Crippen MR) is 71.1 cm³/mol. The maximum absolute atomic E-state index is 13.2. The molecule has 4 heteroatoms. The highest BCUT2D eigenvalue weighted by Gasteiger charge is 2.20. The van der Waals surface area contributed by atoms with Gasteiger partial charge in [-0.05, 0) is 49.4 Å². The summed E-state index contributed by atoms with van der Waals surface area (Å²) >= 11 is 0. The lowest BCUT2D eigenvalue weighted by Gasteiger charge is -2.21. The van der Waals surface area contributed by atoms with Crippen LogP contribution in [0.2, 0.25) is 0 Å². The molecule has 0 saturated carbocycles. The van der Waals surface area contributed by atoms with Crippen molar-refractivity contribution < 1.29 is 13.5 Å². The molecule has 0 aromatic heterocycles. The Balaban J connectivity index is 1.96. The Hall–Kier alpha value is -1.00. The summed E-state index contributed by atoms with van der Waals surface area (Å²) in [5.74, 6) is -0.973. The van der Waals surface area contributed by atoms with Gasteiger partial charge in [-0.3, -0.25) is 0 Å². The second-order valence-electron chi connectivity index (χ2n) is 5.17. The van der Waals surface area contributed by atoms with Crippen LogP contribution in [0.5, 0.6) is 0 Å². The highest BCUT2D eigenvalue weighted by Crippen LogP contribution is 2.20. The van der Waals surface area contributed by atoms with Crippen LogP contribution in [-0.4, -0.2) is 25.8 Å². The lowest BCUT2D eigenvalue weighted by molar-refractivity contribution is 0.181. The summed E-state index contributed by atoms with van der Waals surface area (Å²) in [6.45, 7) is 4.60. The number of nitrogens with one attached hydrogen (secondary N) is 1. The minimum atomic E-state index is -0.784. The summed E-state index contributed by atoms with van der Waals surface area (Å²) < 4.78 is 31.5. The number of rotatable bonds is 6. The Labute approximate surface area is 113 Å². The first kappa shape index (κ1) is 14.4. The van der Waals surface area contributed by atoms with Crippen molar-refractivity contribution in [2.75, 3.05) is 19.8 Å². The topological polar surface area (TPSA) is 21.3 Å². The zero-order valence-electron chi connectivity index (χ0n) is 11.3.